The summed E-state index contributed by atoms with van der Waals surface area (Å²) in [6.07, 6.45) is 1.92. The Kier molecular flexibility index (Phi) is 3.41. The second-order valence-electron chi connectivity index (χ2n) is 6.13. The number of nitrogens with two attached hydrogens (primary N) is 1. The summed E-state index contributed by atoms with van der Waals surface area (Å²) in [7, 11) is -1.29. The summed E-state index contributed by atoms with van der Waals surface area (Å²) in [5.74, 6) is 1.41. The highest BCUT2D eigenvalue weighted by molar-refractivity contribution is 7.92. The van der Waals surface area contributed by atoms with Crippen LogP contribution in [0.15, 0.2) is 18.2 Å². The molecule has 5 nitrogen and oxygen atoms in total. The molecule has 1 aliphatic heterocycles. The van der Waals surface area contributed by atoms with Crippen molar-refractivity contribution in [1.29, 1.82) is 0 Å². The molecule has 0 spiro atoms. The first-order valence-corrected chi connectivity index (χ1v) is 9.00. The summed E-state index contributed by atoms with van der Waals surface area (Å²) in [5.41, 5.74) is 7.33. The molecule has 0 radical (unpaired) electrons. The van der Waals surface area contributed by atoms with Gasteiger partial charge in [-0.25, -0.2) is 8.42 Å². The fourth-order valence-electron chi connectivity index (χ4n) is 2.98. The highest BCUT2D eigenvalue weighted by Crippen LogP contribution is 2.51. The van der Waals surface area contributed by atoms with Crippen LogP contribution in [0.25, 0.3) is 0 Å². The van der Waals surface area contributed by atoms with E-state index in [0.29, 0.717) is 11.5 Å². The lowest BCUT2D eigenvalue weighted by Gasteiger charge is -2.28. The lowest BCUT2D eigenvalue weighted by Crippen LogP contribution is -2.45. The van der Waals surface area contributed by atoms with Crippen molar-refractivity contribution in [2.75, 3.05) is 18.6 Å². The standard InChI is InChI=1S/C15H21NO4S/c1-10(16)15(5-6-15)11-3-4-13(14(7-11)19-2)20-12-8-21(17,18)9-12/h3-4,7,10,12H,5-6,8-9,16H2,1-2H3. The maximum Gasteiger partial charge on any atom is 0.161 e. The Bertz CT molecular complexity index is 638. The van der Waals surface area contributed by atoms with Gasteiger partial charge in [-0.2, -0.15) is 0 Å². The van der Waals surface area contributed by atoms with Crippen LogP contribution in [0.5, 0.6) is 11.5 Å². The minimum absolute atomic E-state index is 0.0611. The molecule has 1 aromatic rings. The van der Waals surface area contributed by atoms with Gasteiger partial charge in [0.1, 0.15) is 6.10 Å². The molecule has 1 atom stereocenters. The average molecular weight is 311 g/mol. The minimum Gasteiger partial charge on any atom is -0.493 e. The molecule has 3 rings (SSSR count). The van der Waals surface area contributed by atoms with Crippen molar-refractivity contribution < 1.29 is 17.9 Å². The van der Waals surface area contributed by atoms with Gasteiger partial charge in [0.2, 0.25) is 0 Å². The zero-order valence-electron chi connectivity index (χ0n) is 12.3. The van der Waals surface area contributed by atoms with Crippen LogP contribution in [0.2, 0.25) is 0 Å². The Hall–Kier alpha value is -1.27. The molecule has 6 heteroatoms. The quantitative estimate of drug-likeness (QED) is 0.885. The summed E-state index contributed by atoms with van der Waals surface area (Å²) in [5, 5.41) is 0. The monoisotopic (exact) mass is 311 g/mol. The molecule has 1 saturated carbocycles. The van der Waals surface area contributed by atoms with Gasteiger partial charge in [0.15, 0.2) is 21.3 Å². The summed E-state index contributed by atoms with van der Waals surface area (Å²) < 4.78 is 33.5. The highest BCUT2D eigenvalue weighted by Gasteiger charge is 2.47. The van der Waals surface area contributed by atoms with Crippen LogP contribution in [-0.4, -0.2) is 39.2 Å². The molecule has 0 amide bonds. The number of hydrogen-bond acceptors (Lipinski definition) is 5. The first kappa shape index (κ1) is 14.7. The second-order valence-corrected chi connectivity index (χ2v) is 8.28. The molecule has 116 valence electrons. The Morgan fingerprint density at radius 1 is 1.29 bits per heavy atom. The molecule has 1 aromatic carbocycles. The normalized spacial score (nSPS) is 24.0. The topological polar surface area (TPSA) is 78.6 Å². The Morgan fingerprint density at radius 2 is 1.95 bits per heavy atom. The first-order valence-electron chi connectivity index (χ1n) is 7.17. The first-order chi connectivity index (χ1) is 9.86. The maximum absolute atomic E-state index is 11.2. The molecule has 2 fully saturated rings. The highest BCUT2D eigenvalue weighted by atomic mass is 32.2. The van der Waals surface area contributed by atoms with Crippen LogP contribution in [0.1, 0.15) is 25.3 Å². The van der Waals surface area contributed by atoms with Gasteiger partial charge < -0.3 is 15.2 Å². The van der Waals surface area contributed by atoms with Crippen LogP contribution in [0, 0.1) is 0 Å². The number of benzene rings is 1. The van der Waals surface area contributed by atoms with E-state index in [1.165, 1.54) is 5.56 Å². The molecule has 2 aliphatic rings. The summed E-state index contributed by atoms with van der Waals surface area (Å²) >= 11 is 0. The van der Waals surface area contributed by atoms with Crippen LogP contribution in [0.3, 0.4) is 0 Å². The van der Waals surface area contributed by atoms with Crippen molar-refractivity contribution in [3.05, 3.63) is 23.8 Å². The van der Waals surface area contributed by atoms with E-state index < -0.39 is 9.84 Å². The zero-order chi connectivity index (χ0) is 15.3. The van der Waals surface area contributed by atoms with Gasteiger partial charge in [0.25, 0.3) is 0 Å². The largest absolute Gasteiger partial charge is 0.493 e. The van der Waals surface area contributed by atoms with E-state index in [4.69, 9.17) is 15.2 Å². The van der Waals surface area contributed by atoms with Crippen molar-refractivity contribution >= 4 is 9.84 Å². The molecule has 1 saturated heterocycles. The Balaban J connectivity index is 1.80. The molecule has 1 unspecified atom stereocenters. The van der Waals surface area contributed by atoms with E-state index in [1.807, 2.05) is 25.1 Å². The molecule has 0 aromatic heterocycles. The molecular formula is C15H21NO4S. The van der Waals surface area contributed by atoms with E-state index >= 15 is 0 Å². The van der Waals surface area contributed by atoms with Crippen molar-refractivity contribution in [2.45, 2.75) is 37.3 Å². The van der Waals surface area contributed by atoms with Crippen LogP contribution >= 0.6 is 0 Å². The Labute approximate surface area is 125 Å². The van der Waals surface area contributed by atoms with Crippen LogP contribution < -0.4 is 15.2 Å². The average Bonchev–Trinajstić information content (AvgIpc) is 3.18. The van der Waals surface area contributed by atoms with Gasteiger partial charge in [-0.3, -0.25) is 0 Å². The van der Waals surface area contributed by atoms with Gasteiger partial charge in [-0.1, -0.05) is 6.07 Å². The van der Waals surface area contributed by atoms with Crippen LogP contribution in [0.4, 0.5) is 0 Å². The molecule has 0 bridgehead atoms. The van der Waals surface area contributed by atoms with E-state index in [2.05, 4.69) is 0 Å². The number of hydrogen-bond donors (Lipinski definition) is 1. The lowest BCUT2D eigenvalue weighted by molar-refractivity contribution is 0.219. The van der Waals surface area contributed by atoms with Crippen molar-refractivity contribution in [1.82, 2.24) is 0 Å². The fraction of sp³-hybridized carbons (Fsp3) is 0.600. The molecular weight excluding hydrogens is 290 g/mol. The van der Waals surface area contributed by atoms with Crippen LogP contribution in [-0.2, 0) is 15.3 Å². The number of methoxy groups -OCH3 is 1. The Morgan fingerprint density at radius 3 is 2.43 bits per heavy atom. The molecule has 1 heterocycles. The van der Waals surface area contributed by atoms with Gasteiger partial charge >= 0.3 is 0 Å². The number of ether oxygens (including phenoxy) is 2. The number of rotatable bonds is 5. The van der Waals surface area contributed by atoms with Gasteiger partial charge in [-0.15, -0.1) is 0 Å². The number of sulfone groups is 1. The lowest BCUT2D eigenvalue weighted by atomic mass is 9.89. The predicted molar refractivity (Wildman–Crippen MR) is 80.6 cm³/mol. The predicted octanol–water partition coefficient (Wildman–Crippen LogP) is 1.25. The SMILES string of the molecule is COc1cc(C2(C(C)N)CC2)ccc1OC1CS(=O)(=O)C1. The van der Waals surface area contributed by atoms with Gasteiger partial charge in [0, 0.05) is 11.5 Å². The van der Waals surface area contributed by atoms with E-state index in [-0.39, 0.29) is 29.1 Å². The van der Waals surface area contributed by atoms with Gasteiger partial charge in [0.05, 0.1) is 18.6 Å². The zero-order valence-corrected chi connectivity index (χ0v) is 13.2. The third-order valence-corrected chi connectivity index (χ3v) is 6.33. The fourth-order valence-corrected chi connectivity index (χ4v) is 4.15. The maximum atomic E-state index is 11.2. The van der Waals surface area contributed by atoms with Crippen molar-refractivity contribution in [3.63, 3.8) is 0 Å². The second kappa shape index (κ2) is 4.88. The van der Waals surface area contributed by atoms with E-state index in [0.717, 1.165) is 12.8 Å². The molecule has 2 N–H and O–H groups in total. The van der Waals surface area contributed by atoms with Crippen molar-refractivity contribution in [2.24, 2.45) is 5.73 Å². The molecule has 1 aliphatic carbocycles. The smallest absolute Gasteiger partial charge is 0.161 e. The summed E-state index contributed by atoms with van der Waals surface area (Å²) in [4.78, 5) is 0. The van der Waals surface area contributed by atoms with Gasteiger partial charge in [-0.05, 0) is 37.5 Å². The summed E-state index contributed by atoms with van der Waals surface area (Å²) in [6, 6.07) is 5.95. The summed E-state index contributed by atoms with van der Waals surface area (Å²) in [6.45, 7) is 2.03. The molecule has 21 heavy (non-hydrogen) atoms. The third kappa shape index (κ3) is 2.62. The third-order valence-electron chi connectivity index (χ3n) is 4.57. The van der Waals surface area contributed by atoms with Crippen molar-refractivity contribution in [3.8, 4) is 11.5 Å². The minimum atomic E-state index is -2.89. The van der Waals surface area contributed by atoms with E-state index in [9.17, 15) is 8.42 Å². The van der Waals surface area contributed by atoms with E-state index in [1.54, 1.807) is 7.11 Å².